The van der Waals surface area contributed by atoms with Gasteiger partial charge in [-0.2, -0.15) is 0 Å². The predicted molar refractivity (Wildman–Crippen MR) is 91.9 cm³/mol. The van der Waals surface area contributed by atoms with Gasteiger partial charge in [-0.3, -0.25) is 4.79 Å². The van der Waals surface area contributed by atoms with E-state index in [4.69, 9.17) is 0 Å². The Morgan fingerprint density at radius 1 is 0.652 bits per heavy atom. The lowest BCUT2D eigenvalue weighted by molar-refractivity contribution is 0.0732. The van der Waals surface area contributed by atoms with Crippen LogP contribution in [-0.4, -0.2) is 10.8 Å². The van der Waals surface area contributed by atoms with Gasteiger partial charge in [0, 0.05) is 18.7 Å². The summed E-state index contributed by atoms with van der Waals surface area (Å²) in [7, 11) is 0. The predicted octanol–water partition coefficient (Wildman–Crippen LogP) is 4.51. The molecule has 0 unspecified atom stereocenters. The molecule has 0 atom stereocenters. The molecule has 3 aromatic carbocycles. The Labute approximate surface area is 136 Å². The van der Waals surface area contributed by atoms with Crippen LogP contribution in [-0.2, 0) is 13.1 Å². The minimum absolute atomic E-state index is 0.0807. The van der Waals surface area contributed by atoms with Crippen molar-refractivity contribution in [2.75, 3.05) is 0 Å². The number of amides is 1. The molecule has 0 fully saturated rings. The SMILES string of the molecule is O=C(c1ccccc1)N1Cc2ccccc2-c2ccccc2C1. The normalized spacial score (nSPS) is 13.0. The molecular formula is C21H17NO. The molecule has 0 bridgehead atoms. The average Bonchev–Trinajstić information content (AvgIpc) is 2.79. The molecule has 0 aromatic heterocycles. The van der Waals surface area contributed by atoms with Crippen molar-refractivity contribution in [3.05, 3.63) is 95.6 Å². The van der Waals surface area contributed by atoms with Gasteiger partial charge in [-0.15, -0.1) is 0 Å². The Bertz CT molecular complexity index is 807. The minimum Gasteiger partial charge on any atom is -0.330 e. The lowest BCUT2D eigenvalue weighted by Crippen LogP contribution is -2.29. The smallest absolute Gasteiger partial charge is 0.254 e. The zero-order valence-electron chi connectivity index (χ0n) is 12.8. The van der Waals surface area contributed by atoms with Crippen molar-refractivity contribution in [2.24, 2.45) is 0 Å². The van der Waals surface area contributed by atoms with E-state index < -0.39 is 0 Å². The summed E-state index contributed by atoms with van der Waals surface area (Å²) in [6, 6.07) is 26.2. The van der Waals surface area contributed by atoms with Crippen LogP contribution in [0.25, 0.3) is 11.1 Å². The first-order chi connectivity index (χ1) is 11.3. The number of carbonyl (C=O) groups is 1. The third kappa shape index (κ3) is 2.53. The topological polar surface area (TPSA) is 20.3 Å². The molecule has 2 heteroatoms. The molecule has 1 aliphatic rings. The second kappa shape index (κ2) is 5.73. The fourth-order valence-corrected chi connectivity index (χ4v) is 3.22. The van der Waals surface area contributed by atoms with Gasteiger partial charge in [0.2, 0.25) is 0 Å². The second-order valence-electron chi connectivity index (χ2n) is 5.84. The molecule has 0 radical (unpaired) electrons. The quantitative estimate of drug-likeness (QED) is 0.647. The average molecular weight is 299 g/mol. The van der Waals surface area contributed by atoms with Gasteiger partial charge in [-0.25, -0.2) is 0 Å². The maximum Gasteiger partial charge on any atom is 0.254 e. The molecule has 0 aliphatic carbocycles. The van der Waals surface area contributed by atoms with Crippen molar-refractivity contribution in [2.45, 2.75) is 13.1 Å². The summed E-state index contributed by atoms with van der Waals surface area (Å²) >= 11 is 0. The highest BCUT2D eigenvalue weighted by Gasteiger charge is 2.22. The maximum atomic E-state index is 12.9. The second-order valence-corrected chi connectivity index (χ2v) is 5.84. The molecule has 1 aliphatic heterocycles. The number of nitrogens with zero attached hydrogens (tertiary/aromatic N) is 1. The Balaban J connectivity index is 1.80. The lowest BCUT2D eigenvalue weighted by Gasteiger charge is -2.21. The third-order valence-corrected chi connectivity index (χ3v) is 4.36. The number of rotatable bonds is 1. The highest BCUT2D eigenvalue weighted by Crippen LogP contribution is 2.32. The van der Waals surface area contributed by atoms with Crippen LogP contribution in [0, 0.1) is 0 Å². The molecule has 3 aromatic rings. The van der Waals surface area contributed by atoms with Crippen molar-refractivity contribution in [3.63, 3.8) is 0 Å². The molecule has 0 N–H and O–H groups in total. The van der Waals surface area contributed by atoms with Gasteiger partial charge in [0.1, 0.15) is 0 Å². The highest BCUT2D eigenvalue weighted by molar-refractivity contribution is 5.94. The van der Waals surface area contributed by atoms with Gasteiger partial charge in [0.25, 0.3) is 5.91 Å². The monoisotopic (exact) mass is 299 g/mol. The molecular weight excluding hydrogens is 282 g/mol. The zero-order chi connectivity index (χ0) is 15.6. The van der Waals surface area contributed by atoms with Crippen LogP contribution >= 0.6 is 0 Å². The summed E-state index contributed by atoms with van der Waals surface area (Å²) in [5, 5.41) is 0. The van der Waals surface area contributed by atoms with Crippen molar-refractivity contribution in [3.8, 4) is 11.1 Å². The van der Waals surface area contributed by atoms with Crippen LogP contribution in [0.2, 0.25) is 0 Å². The number of benzene rings is 3. The van der Waals surface area contributed by atoms with Gasteiger partial charge in [-0.1, -0.05) is 66.7 Å². The Morgan fingerprint density at radius 2 is 1.13 bits per heavy atom. The number of fused-ring (bicyclic) bond motifs is 3. The molecule has 112 valence electrons. The summed E-state index contributed by atoms with van der Waals surface area (Å²) < 4.78 is 0. The highest BCUT2D eigenvalue weighted by atomic mass is 16.2. The largest absolute Gasteiger partial charge is 0.330 e. The summed E-state index contributed by atoms with van der Waals surface area (Å²) in [5.41, 5.74) is 5.59. The van der Waals surface area contributed by atoms with Gasteiger partial charge >= 0.3 is 0 Å². The summed E-state index contributed by atoms with van der Waals surface area (Å²) in [4.78, 5) is 14.8. The van der Waals surface area contributed by atoms with Crippen molar-refractivity contribution in [1.29, 1.82) is 0 Å². The number of hydrogen-bond donors (Lipinski definition) is 0. The first-order valence-corrected chi connectivity index (χ1v) is 7.83. The van der Waals surface area contributed by atoms with Crippen LogP contribution in [0.15, 0.2) is 78.9 Å². The lowest BCUT2D eigenvalue weighted by atomic mass is 9.97. The van der Waals surface area contributed by atoms with E-state index in [2.05, 4.69) is 36.4 Å². The van der Waals surface area contributed by atoms with E-state index >= 15 is 0 Å². The standard InChI is InChI=1S/C21H17NO/c23-21(16-8-2-1-3-9-16)22-14-17-10-4-6-12-19(17)20-13-7-5-11-18(20)15-22/h1-13H,14-15H2. The van der Waals surface area contributed by atoms with E-state index in [-0.39, 0.29) is 5.91 Å². The van der Waals surface area contributed by atoms with Crippen LogP contribution in [0.1, 0.15) is 21.5 Å². The molecule has 0 saturated carbocycles. The summed E-state index contributed by atoms with van der Waals surface area (Å²) in [6.45, 7) is 1.27. The third-order valence-electron chi connectivity index (χ3n) is 4.36. The Morgan fingerprint density at radius 3 is 1.70 bits per heavy atom. The van der Waals surface area contributed by atoms with Crippen LogP contribution in [0.3, 0.4) is 0 Å². The van der Waals surface area contributed by atoms with E-state index in [0.717, 1.165) is 5.56 Å². The van der Waals surface area contributed by atoms with Crippen molar-refractivity contribution >= 4 is 5.91 Å². The molecule has 0 saturated heterocycles. The summed E-state index contributed by atoms with van der Waals surface area (Å²) in [6.07, 6.45) is 0. The van der Waals surface area contributed by atoms with Gasteiger partial charge in [0.05, 0.1) is 0 Å². The Kier molecular flexibility index (Phi) is 3.43. The molecule has 1 heterocycles. The molecule has 23 heavy (non-hydrogen) atoms. The van der Waals surface area contributed by atoms with E-state index in [9.17, 15) is 4.79 Å². The van der Waals surface area contributed by atoms with Crippen LogP contribution < -0.4 is 0 Å². The van der Waals surface area contributed by atoms with Gasteiger partial charge in [0.15, 0.2) is 0 Å². The van der Waals surface area contributed by atoms with E-state index in [1.54, 1.807) is 0 Å². The number of carbonyl (C=O) groups excluding carboxylic acids is 1. The fraction of sp³-hybridized carbons (Fsp3) is 0.0952. The zero-order valence-corrected chi connectivity index (χ0v) is 12.8. The van der Waals surface area contributed by atoms with Gasteiger partial charge < -0.3 is 4.90 Å². The van der Waals surface area contributed by atoms with E-state index in [1.165, 1.54) is 22.3 Å². The first-order valence-electron chi connectivity index (χ1n) is 7.83. The van der Waals surface area contributed by atoms with Gasteiger partial charge in [-0.05, 0) is 34.4 Å². The van der Waals surface area contributed by atoms with Crippen molar-refractivity contribution < 1.29 is 4.79 Å². The van der Waals surface area contributed by atoms with Crippen molar-refractivity contribution in [1.82, 2.24) is 4.90 Å². The number of hydrogen-bond acceptors (Lipinski definition) is 1. The molecule has 1 amide bonds. The van der Waals surface area contributed by atoms with E-state index in [1.807, 2.05) is 47.4 Å². The summed E-state index contributed by atoms with van der Waals surface area (Å²) in [5.74, 6) is 0.0807. The fourth-order valence-electron chi connectivity index (χ4n) is 3.22. The first kappa shape index (κ1) is 13.8. The Hall–Kier alpha value is -2.87. The molecule has 4 rings (SSSR count). The van der Waals surface area contributed by atoms with Crippen LogP contribution in [0.4, 0.5) is 0 Å². The van der Waals surface area contributed by atoms with E-state index in [0.29, 0.717) is 13.1 Å². The minimum atomic E-state index is 0.0807. The van der Waals surface area contributed by atoms with Crippen LogP contribution in [0.5, 0.6) is 0 Å². The maximum absolute atomic E-state index is 12.9. The molecule has 2 nitrogen and oxygen atoms in total. The molecule has 0 spiro atoms.